The van der Waals surface area contributed by atoms with E-state index in [1.165, 1.54) is 5.56 Å². The molecule has 2 aliphatic heterocycles. The number of nitrogens with one attached hydrogen (secondary N) is 2. The predicted octanol–water partition coefficient (Wildman–Crippen LogP) is 2.18. The number of nitrogens with zero attached hydrogens (tertiary/aromatic N) is 3. The minimum absolute atomic E-state index is 0.0947. The Labute approximate surface area is 217 Å². The van der Waals surface area contributed by atoms with E-state index in [1.54, 1.807) is 0 Å². The molecular weight excluding hydrogens is 470 g/mol. The van der Waals surface area contributed by atoms with Gasteiger partial charge in [-0.1, -0.05) is 30.3 Å². The number of hydrogen-bond donors (Lipinski definition) is 2. The first-order valence-corrected chi connectivity index (χ1v) is 13.1. The number of fused-ring (bicyclic) bond motifs is 2. The Morgan fingerprint density at radius 1 is 1.14 bits per heavy atom. The fraction of sp³-hybridized carbons (Fsp3) is 0.464. The minimum atomic E-state index is -0.964. The predicted molar refractivity (Wildman–Crippen MR) is 140 cm³/mol. The highest BCUT2D eigenvalue weighted by atomic mass is 16.5. The van der Waals surface area contributed by atoms with Crippen LogP contribution in [-0.2, 0) is 34.3 Å². The van der Waals surface area contributed by atoms with Crippen molar-refractivity contribution < 1.29 is 19.1 Å². The van der Waals surface area contributed by atoms with Crippen LogP contribution < -0.4 is 15.4 Å². The summed E-state index contributed by atoms with van der Waals surface area (Å²) >= 11 is 0. The van der Waals surface area contributed by atoms with Gasteiger partial charge in [-0.05, 0) is 49.4 Å². The molecule has 1 atom stereocenters. The highest BCUT2D eigenvalue weighted by Gasteiger charge is 2.43. The molecule has 9 nitrogen and oxygen atoms in total. The number of carbonyl (C=O) groups is 2. The number of imidazole rings is 1. The van der Waals surface area contributed by atoms with Gasteiger partial charge in [-0.15, -0.1) is 0 Å². The lowest BCUT2D eigenvalue weighted by atomic mass is 9.91. The summed E-state index contributed by atoms with van der Waals surface area (Å²) in [5.41, 5.74) is 2.16. The third-order valence-electron chi connectivity index (χ3n) is 7.26. The van der Waals surface area contributed by atoms with E-state index in [2.05, 4.69) is 21.7 Å². The maximum absolute atomic E-state index is 13.3. The average Bonchev–Trinajstić information content (AvgIpc) is 3.23. The average molecular weight is 506 g/mol. The normalized spacial score (nSPS) is 21.4. The number of aromatic nitrogens is 2. The van der Waals surface area contributed by atoms with Gasteiger partial charge in [0.15, 0.2) is 5.60 Å². The lowest BCUT2D eigenvalue weighted by Gasteiger charge is -2.41. The zero-order valence-corrected chi connectivity index (χ0v) is 21.4. The van der Waals surface area contributed by atoms with Crippen molar-refractivity contribution in [2.24, 2.45) is 7.05 Å². The van der Waals surface area contributed by atoms with Crippen LogP contribution in [0.1, 0.15) is 30.7 Å². The molecule has 0 aliphatic carbocycles. The number of hydrogen-bond acceptors (Lipinski definition) is 6. The molecule has 2 N–H and O–H groups in total. The van der Waals surface area contributed by atoms with Gasteiger partial charge in [0.05, 0.1) is 37.3 Å². The molecule has 1 fully saturated rings. The zero-order valence-electron chi connectivity index (χ0n) is 21.4. The largest absolute Gasteiger partial charge is 0.491 e. The maximum atomic E-state index is 13.3. The molecule has 5 rings (SSSR count). The fourth-order valence-corrected chi connectivity index (χ4v) is 5.25. The molecule has 3 aromatic rings. The van der Waals surface area contributed by atoms with Crippen LogP contribution in [0.4, 0.5) is 0 Å². The molecule has 2 aliphatic rings. The minimum Gasteiger partial charge on any atom is -0.491 e. The molecule has 2 amide bonds. The summed E-state index contributed by atoms with van der Waals surface area (Å²) in [7, 11) is 1.95. The van der Waals surface area contributed by atoms with Crippen molar-refractivity contribution in [3.63, 3.8) is 0 Å². The molecule has 1 spiro atoms. The summed E-state index contributed by atoms with van der Waals surface area (Å²) in [6.45, 7) is 2.75. The summed E-state index contributed by atoms with van der Waals surface area (Å²) in [4.78, 5) is 32.8. The molecule has 1 unspecified atom stereocenters. The Hall–Kier alpha value is -3.43. The van der Waals surface area contributed by atoms with E-state index in [4.69, 9.17) is 9.47 Å². The number of amides is 2. The van der Waals surface area contributed by atoms with Crippen LogP contribution in [-0.4, -0.2) is 71.3 Å². The molecule has 9 heteroatoms. The van der Waals surface area contributed by atoms with Gasteiger partial charge < -0.3 is 24.7 Å². The molecular formula is C28H35N5O4. The van der Waals surface area contributed by atoms with Gasteiger partial charge in [-0.25, -0.2) is 4.98 Å². The number of aryl methyl sites for hydroxylation is 2. The molecule has 0 radical (unpaired) electrons. The van der Waals surface area contributed by atoms with E-state index in [-0.39, 0.29) is 18.4 Å². The molecule has 2 aromatic carbocycles. The third-order valence-corrected chi connectivity index (χ3v) is 7.26. The Bertz CT molecular complexity index is 1260. The monoisotopic (exact) mass is 505 g/mol. The molecule has 0 saturated carbocycles. The first kappa shape index (κ1) is 25.2. The zero-order chi connectivity index (χ0) is 25.7. The summed E-state index contributed by atoms with van der Waals surface area (Å²) in [5.74, 6) is 1.46. The van der Waals surface area contributed by atoms with Crippen LogP contribution in [0.15, 0.2) is 48.5 Å². The van der Waals surface area contributed by atoms with E-state index in [9.17, 15) is 9.59 Å². The van der Waals surface area contributed by atoms with Gasteiger partial charge in [0.1, 0.15) is 18.2 Å². The van der Waals surface area contributed by atoms with Crippen molar-refractivity contribution in [3.05, 3.63) is 59.9 Å². The highest BCUT2D eigenvalue weighted by molar-refractivity contribution is 5.86. The standard InChI is InChI=1S/C28H35N5O4/c1-32-23-11-4-3-10-22(23)31-25(32)18-30-26(34)19-33-15-17-37-28(20-33)13-7-6-9-21-8-2-5-12-24(21)36-16-14-29-27(28)35/h2-5,8,10-12H,6-7,9,13-20H2,1H3,(H,29,35)(H,30,34). The molecule has 3 heterocycles. The van der Waals surface area contributed by atoms with Gasteiger partial charge in [-0.2, -0.15) is 0 Å². The van der Waals surface area contributed by atoms with Gasteiger partial charge in [-0.3, -0.25) is 14.5 Å². The summed E-state index contributed by atoms with van der Waals surface area (Å²) in [6, 6.07) is 16.0. The fourth-order valence-electron chi connectivity index (χ4n) is 5.25. The van der Waals surface area contributed by atoms with E-state index >= 15 is 0 Å². The van der Waals surface area contributed by atoms with E-state index in [0.717, 1.165) is 41.9 Å². The quantitative estimate of drug-likeness (QED) is 0.564. The van der Waals surface area contributed by atoms with E-state index in [1.807, 2.05) is 59.0 Å². The Morgan fingerprint density at radius 3 is 2.86 bits per heavy atom. The Kier molecular flexibility index (Phi) is 7.71. The van der Waals surface area contributed by atoms with Crippen molar-refractivity contribution >= 4 is 22.8 Å². The van der Waals surface area contributed by atoms with Crippen LogP contribution in [0.2, 0.25) is 0 Å². The molecule has 1 saturated heterocycles. The number of morpholine rings is 1. The van der Waals surface area contributed by atoms with Gasteiger partial charge >= 0.3 is 0 Å². The SMILES string of the molecule is Cn1c(CNC(=O)CN2CCOC3(CCCCc4ccccc4OCCNC3=O)C2)nc2ccccc21. The maximum Gasteiger partial charge on any atom is 0.253 e. The van der Waals surface area contributed by atoms with Crippen LogP contribution in [0, 0.1) is 0 Å². The van der Waals surface area contributed by atoms with Crippen LogP contribution in [0.3, 0.4) is 0 Å². The first-order chi connectivity index (χ1) is 18.0. The van der Waals surface area contributed by atoms with Gasteiger partial charge in [0.2, 0.25) is 5.91 Å². The van der Waals surface area contributed by atoms with Crippen molar-refractivity contribution in [2.75, 3.05) is 39.4 Å². The second-order valence-corrected chi connectivity index (χ2v) is 9.83. The van der Waals surface area contributed by atoms with E-state index in [0.29, 0.717) is 45.8 Å². The Morgan fingerprint density at radius 2 is 1.97 bits per heavy atom. The highest BCUT2D eigenvalue weighted by Crippen LogP contribution is 2.27. The topological polar surface area (TPSA) is 97.7 Å². The van der Waals surface area contributed by atoms with E-state index < -0.39 is 5.60 Å². The summed E-state index contributed by atoms with van der Waals surface area (Å²) in [6.07, 6.45) is 3.27. The molecule has 1 aromatic heterocycles. The van der Waals surface area contributed by atoms with Crippen LogP contribution in [0.25, 0.3) is 11.0 Å². The van der Waals surface area contributed by atoms with Crippen molar-refractivity contribution in [1.29, 1.82) is 0 Å². The number of para-hydroxylation sites is 3. The number of rotatable bonds is 4. The van der Waals surface area contributed by atoms with Crippen LogP contribution in [0.5, 0.6) is 5.75 Å². The summed E-state index contributed by atoms with van der Waals surface area (Å²) < 4.78 is 14.1. The van der Waals surface area contributed by atoms with Crippen molar-refractivity contribution in [3.8, 4) is 5.75 Å². The Balaban J connectivity index is 1.19. The lowest BCUT2D eigenvalue weighted by molar-refractivity contribution is -0.163. The van der Waals surface area contributed by atoms with Gasteiger partial charge in [0, 0.05) is 20.1 Å². The number of carbonyl (C=O) groups excluding carboxylic acids is 2. The third kappa shape index (κ3) is 5.78. The molecule has 0 bridgehead atoms. The summed E-state index contributed by atoms with van der Waals surface area (Å²) in [5, 5.41) is 6.00. The number of benzene rings is 2. The second kappa shape index (κ2) is 11.3. The smallest absolute Gasteiger partial charge is 0.253 e. The van der Waals surface area contributed by atoms with Crippen LogP contribution >= 0.6 is 0 Å². The van der Waals surface area contributed by atoms with Gasteiger partial charge in [0.25, 0.3) is 5.91 Å². The first-order valence-electron chi connectivity index (χ1n) is 13.1. The lowest BCUT2D eigenvalue weighted by Crippen LogP contribution is -2.61. The van der Waals surface area contributed by atoms with Crippen molar-refractivity contribution in [1.82, 2.24) is 25.1 Å². The molecule has 37 heavy (non-hydrogen) atoms. The molecule has 196 valence electrons. The number of ether oxygens (including phenoxy) is 2. The second-order valence-electron chi connectivity index (χ2n) is 9.83. The van der Waals surface area contributed by atoms with Crippen molar-refractivity contribution in [2.45, 2.75) is 37.8 Å².